The molecule has 0 atom stereocenters. The first-order valence-corrected chi connectivity index (χ1v) is 10.5. The van der Waals surface area contributed by atoms with Gasteiger partial charge in [0.25, 0.3) is 5.91 Å². The molecule has 2 aromatic carbocycles. The molecule has 1 fully saturated rings. The Kier molecular flexibility index (Phi) is 7.03. The van der Waals surface area contributed by atoms with Gasteiger partial charge >= 0.3 is 0 Å². The van der Waals surface area contributed by atoms with Crippen LogP contribution in [0.1, 0.15) is 26.7 Å². The number of carbonyl (C=O) groups excluding carboxylic acids is 1. The molecule has 0 saturated carbocycles. The molecule has 0 unspecified atom stereocenters. The number of hydrogen-bond acceptors (Lipinski definition) is 4. The first-order chi connectivity index (χ1) is 13.7. The number of nitrogens with one attached hydrogen (secondary N) is 1. The van der Waals surface area contributed by atoms with Crippen LogP contribution in [-0.2, 0) is 4.79 Å². The van der Waals surface area contributed by atoms with E-state index in [1.54, 1.807) is 37.9 Å². The molecule has 1 saturated heterocycles. The summed E-state index contributed by atoms with van der Waals surface area (Å²) in [5, 5.41) is 3.27. The summed E-state index contributed by atoms with van der Waals surface area (Å²) in [7, 11) is 0. The van der Waals surface area contributed by atoms with Gasteiger partial charge in [0.05, 0.1) is 0 Å². The second kappa shape index (κ2) is 9.32. The van der Waals surface area contributed by atoms with Gasteiger partial charge in [-0.15, -0.1) is 0 Å². The monoisotopic (exact) mass is 440 g/mol. The fourth-order valence-electron chi connectivity index (χ4n) is 2.97. The molecule has 1 aliphatic heterocycles. The molecule has 0 aromatic heterocycles. The Morgan fingerprint density at radius 2 is 1.83 bits per heavy atom. The van der Waals surface area contributed by atoms with Crippen molar-refractivity contribution in [3.8, 4) is 5.75 Å². The molecular weight excluding hydrogens is 418 g/mol. The molecular formula is C21H23ClF2N2O2S. The van der Waals surface area contributed by atoms with E-state index < -0.39 is 11.4 Å². The number of carbonyl (C=O) groups is 1. The molecule has 0 bridgehead atoms. The summed E-state index contributed by atoms with van der Waals surface area (Å²) in [6, 6.07) is 10.5. The molecule has 0 aliphatic carbocycles. The normalized spacial score (nSPS) is 15.9. The quantitative estimate of drug-likeness (QED) is 0.637. The van der Waals surface area contributed by atoms with Gasteiger partial charge in [-0.3, -0.25) is 4.79 Å². The first-order valence-electron chi connectivity index (χ1n) is 9.36. The highest BCUT2D eigenvalue weighted by Crippen LogP contribution is 2.28. The van der Waals surface area contributed by atoms with Gasteiger partial charge in [-0.2, -0.15) is 0 Å². The fraction of sp³-hybridized carbons (Fsp3) is 0.381. The maximum atomic E-state index is 14.0. The minimum atomic E-state index is -1.23. The maximum absolute atomic E-state index is 14.0. The van der Waals surface area contributed by atoms with Crippen LogP contribution in [0, 0.1) is 11.6 Å². The molecule has 1 heterocycles. The van der Waals surface area contributed by atoms with Gasteiger partial charge in [0.1, 0.15) is 5.82 Å². The van der Waals surface area contributed by atoms with Crippen molar-refractivity contribution >= 4 is 29.5 Å². The topological polar surface area (TPSA) is 41.6 Å². The van der Waals surface area contributed by atoms with Crippen LogP contribution >= 0.6 is 23.5 Å². The zero-order chi connectivity index (χ0) is 21.0. The Labute approximate surface area is 178 Å². The number of amides is 1. The van der Waals surface area contributed by atoms with E-state index in [9.17, 15) is 13.6 Å². The zero-order valence-corrected chi connectivity index (χ0v) is 17.8. The molecule has 29 heavy (non-hydrogen) atoms. The predicted octanol–water partition coefficient (Wildman–Crippen LogP) is 5.06. The number of hydrogen-bond donors (Lipinski definition) is 1. The average Bonchev–Trinajstić information content (AvgIpc) is 2.67. The van der Waals surface area contributed by atoms with Crippen molar-refractivity contribution in [2.75, 3.05) is 13.1 Å². The first kappa shape index (κ1) is 21.9. The third-order valence-electron chi connectivity index (χ3n) is 4.64. The molecule has 8 heteroatoms. The molecule has 156 valence electrons. The SMILES string of the molecule is CC(C)(Oc1ccc(Cl)cc1F)C(=O)NC1CCN(Sc2ccc(F)cc2)CC1. The molecule has 2 aromatic rings. The van der Waals surface area contributed by atoms with Gasteiger partial charge in [-0.1, -0.05) is 11.6 Å². The summed E-state index contributed by atoms with van der Waals surface area (Å²) in [5.74, 6) is -1.17. The smallest absolute Gasteiger partial charge is 0.263 e. The van der Waals surface area contributed by atoms with Crippen LogP contribution in [0.5, 0.6) is 5.75 Å². The van der Waals surface area contributed by atoms with E-state index in [2.05, 4.69) is 9.62 Å². The van der Waals surface area contributed by atoms with Crippen molar-refractivity contribution in [1.82, 2.24) is 9.62 Å². The highest BCUT2D eigenvalue weighted by atomic mass is 35.5. The lowest BCUT2D eigenvalue weighted by Gasteiger charge is -2.33. The fourth-order valence-corrected chi connectivity index (χ4v) is 4.08. The van der Waals surface area contributed by atoms with E-state index in [1.807, 2.05) is 0 Å². The van der Waals surface area contributed by atoms with Crippen LogP contribution in [0.3, 0.4) is 0 Å². The van der Waals surface area contributed by atoms with Crippen molar-refractivity contribution < 1.29 is 18.3 Å². The zero-order valence-electron chi connectivity index (χ0n) is 16.3. The average molecular weight is 441 g/mol. The van der Waals surface area contributed by atoms with Crippen LogP contribution in [0.2, 0.25) is 5.02 Å². The third kappa shape index (κ3) is 6.07. The minimum absolute atomic E-state index is 0.0138. The third-order valence-corrected chi connectivity index (χ3v) is 5.98. The van der Waals surface area contributed by atoms with E-state index in [4.69, 9.17) is 16.3 Å². The maximum Gasteiger partial charge on any atom is 0.263 e. The van der Waals surface area contributed by atoms with Crippen LogP contribution in [0.25, 0.3) is 0 Å². The number of piperidine rings is 1. The Balaban J connectivity index is 1.49. The van der Waals surface area contributed by atoms with Crippen molar-refractivity contribution in [3.05, 3.63) is 59.1 Å². The molecule has 3 rings (SSSR count). The number of ether oxygens (including phenoxy) is 1. The van der Waals surface area contributed by atoms with Gasteiger partial charge in [-0.25, -0.2) is 13.1 Å². The second-order valence-electron chi connectivity index (χ2n) is 7.41. The Morgan fingerprint density at radius 3 is 2.45 bits per heavy atom. The summed E-state index contributed by atoms with van der Waals surface area (Å²) >= 11 is 7.33. The predicted molar refractivity (Wildman–Crippen MR) is 111 cm³/mol. The summed E-state index contributed by atoms with van der Waals surface area (Å²) in [4.78, 5) is 13.7. The Bertz CT molecular complexity index is 856. The van der Waals surface area contributed by atoms with E-state index in [0.717, 1.165) is 36.9 Å². The van der Waals surface area contributed by atoms with E-state index >= 15 is 0 Å². The standard InChI is InChI=1S/C21H23ClF2N2O2S/c1-21(2,28-19-8-3-14(22)13-18(19)24)20(27)25-16-9-11-26(12-10-16)29-17-6-4-15(23)5-7-17/h3-8,13,16H,9-12H2,1-2H3,(H,25,27). The van der Waals surface area contributed by atoms with Gasteiger partial charge in [0.15, 0.2) is 17.2 Å². The lowest BCUT2D eigenvalue weighted by molar-refractivity contribution is -0.135. The van der Waals surface area contributed by atoms with Crippen LogP contribution in [0.4, 0.5) is 8.78 Å². The number of nitrogens with zero attached hydrogens (tertiary/aromatic N) is 1. The number of halogens is 3. The molecule has 1 amide bonds. The van der Waals surface area contributed by atoms with Crippen molar-refractivity contribution in [3.63, 3.8) is 0 Å². The molecule has 1 aliphatic rings. The summed E-state index contributed by atoms with van der Waals surface area (Å²) in [6.45, 7) is 4.80. The van der Waals surface area contributed by atoms with Gasteiger partial charge in [0.2, 0.25) is 0 Å². The molecule has 0 radical (unpaired) electrons. The van der Waals surface area contributed by atoms with Crippen molar-refractivity contribution in [2.45, 2.75) is 43.2 Å². The molecule has 1 N–H and O–H groups in total. The minimum Gasteiger partial charge on any atom is -0.475 e. The van der Waals surface area contributed by atoms with E-state index in [0.29, 0.717) is 0 Å². The lowest BCUT2D eigenvalue weighted by Crippen LogP contribution is -2.52. The van der Waals surface area contributed by atoms with E-state index in [1.165, 1.54) is 24.3 Å². The Hall–Kier alpha value is -1.83. The van der Waals surface area contributed by atoms with Crippen LogP contribution < -0.4 is 10.1 Å². The van der Waals surface area contributed by atoms with Crippen LogP contribution in [0.15, 0.2) is 47.4 Å². The highest BCUT2D eigenvalue weighted by Gasteiger charge is 2.33. The number of rotatable bonds is 6. The summed E-state index contributed by atoms with van der Waals surface area (Å²) < 4.78 is 34.8. The van der Waals surface area contributed by atoms with Crippen molar-refractivity contribution in [2.24, 2.45) is 0 Å². The largest absolute Gasteiger partial charge is 0.475 e. The van der Waals surface area contributed by atoms with Gasteiger partial charge in [-0.05, 0) is 81.1 Å². The highest BCUT2D eigenvalue weighted by molar-refractivity contribution is 7.97. The Morgan fingerprint density at radius 1 is 1.17 bits per heavy atom. The van der Waals surface area contributed by atoms with Gasteiger partial charge in [0, 0.05) is 29.0 Å². The molecule has 0 spiro atoms. The summed E-state index contributed by atoms with van der Waals surface area (Å²) in [5.41, 5.74) is -1.23. The lowest BCUT2D eigenvalue weighted by atomic mass is 10.0. The number of benzene rings is 2. The van der Waals surface area contributed by atoms with E-state index in [-0.39, 0.29) is 28.5 Å². The van der Waals surface area contributed by atoms with Gasteiger partial charge < -0.3 is 10.1 Å². The second-order valence-corrected chi connectivity index (χ2v) is 9.02. The molecule has 4 nitrogen and oxygen atoms in total. The van der Waals surface area contributed by atoms with Crippen molar-refractivity contribution in [1.29, 1.82) is 0 Å². The summed E-state index contributed by atoms with van der Waals surface area (Å²) in [6.07, 6.45) is 1.57. The van der Waals surface area contributed by atoms with Crippen LogP contribution in [-0.4, -0.2) is 34.9 Å².